The summed E-state index contributed by atoms with van der Waals surface area (Å²) < 4.78 is 12.9. The van der Waals surface area contributed by atoms with Crippen LogP contribution in [0, 0.1) is 0 Å². The molecule has 2 unspecified atom stereocenters. The predicted octanol–water partition coefficient (Wildman–Crippen LogP) is 4.37. The molecule has 0 amide bonds. The van der Waals surface area contributed by atoms with Crippen molar-refractivity contribution in [2.75, 3.05) is 6.16 Å². The zero-order chi connectivity index (χ0) is 18.8. The van der Waals surface area contributed by atoms with E-state index in [0.717, 1.165) is 16.5 Å². The van der Waals surface area contributed by atoms with Gasteiger partial charge in [0, 0.05) is 23.5 Å². The number of para-hydroxylation sites is 1. The van der Waals surface area contributed by atoms with E-state index in [1.165, 1.54) is 0 Å². The Bertz CT molecular complexity index is 933. The molecule has 3 N–H and O–H groups in total. The van der Waals surface area contributed by atoms with E-state index >= 15 is 0 Å². The number of benzene rings is 2. The van der Waals surface area contributed by atoms with Crippen molar-refractivity contribution in [1.29, 1.82) is 0 Å². The summed E-state index contributed by atoms with van der Waals surface area (Å²) in [4.78, 5) is 25.9. The van der Waals surface area contributed by atoms with Crippen LogP contribution in [0.5, 0.6) is 0 Å². The Morgan fingerprint density at radius 3 is 2.38 bits per heavy atom. The highest BCUT2D eigenvalue weighted by Crippen LogP contribution is 2.51. The van der Waals surface area contributed by atoms with Gasteiger partial charge in [-0.2, -0.15) is 0 Å². The van der Waals surface area contributed by atoms with Crippen LogP contribution in [0.2, 0.25) is 0 Å². The summed E-state index contributed by atoms with van der Waals surface area (Å²) in [5.74, 6) is -1.09. The van der Waals surface area contributed by atoms with Crippen LogP contribution in [-0.2, 0) is 20.9 Å². The van der Waals surface area contributed by atoms with Crippen LogP contribution in [0.4, 0.5) is 0 Å². The maximum Gasteiger partial charge on any atom is 0.316 e. The van der Waals surface area contributed by atoms with Crippen molar-refractivity contribution in [2.24, 2.45) is 0 Å². The Morgan fingerprint density at radius 2 is 1.77 bits per heavy atom. The van der Waals surface area contributed by atoms with E-state index in [-0.39, 0.29) is 18.7 Å². The Morgan fingerprint density at radius 1 is 1.12 bits per heavy atom. The summed E-state index contributed by atoms with van der Waals surface area (Å²) in [6.07, 6.45) is -0.134. The number of hydrogen-bond acceptors (Lipinski definition) is 2. The lowest BCUT2D eigenvalue weighted by molar-refractivity contribution is -0.143. The molecular weight excluding hydrogens is 349 g/mol. The number of carboxylic acid groups (broad SMARTS) is 1. The van der Waals surface area contributed by atoms with Gasteiger partial charge in [0.1, 0.15) is 5.41 Å². The van der Waals surface area contributed by atoms with Gasteiger partial charge in [-0.1, -0.05) is 55.5 Å². The lowest BCUT2D eigenvalue weighted by Gasteiger charge is -2.29. The van der Waals surface area contributed by atoms with E-state index < -0.39 is 18.8 Å². The van der Waals surface area contributed by atoms with Gasteiger partial charge in [-0.3, -0.25) is 9.36 Å². The number of aliphatic carboxylic acids is 1. The monoisotopic (exact) mass is 371 g/mol. The maximum atomic E-state index is 12.9. The van der Waals surface area contributed by atoms with Gasteiger partial charge in [0.2, 0.25) is 7.37 Å². The average Bonchev–Trinajstić information content (AvgIpc) is 3.04. The molecular formula is C20H22NO4P. The quantitative estimate of drug-likeness (QED) is 0.538. The molecule has 1 aromatic heterocycles. The maximum absolute atomic E-state index is 12.9. The van der Waals surface area contributed by atoms with Crippen LogP contribution in [-0.4, -0.2) is 27.1 Å². The molecule has 0 saturated heterocycles. The first-order chi connectivity index (χ1) is 12.4. The highest BCUT2D eigenvalue weighted by atomic mass is 31.2. The van der Waals surface area contributed by atoms with Crippen molar-refractivity contribution >= 4 is 24.2 Å². The number of rotatable bonds is 7. The third kappa shape index (κ3) is 3.59. The number of aromatic nitrogens is 1. The lowest BCUT2D eigenvalue weighted by Crippen LogP contribution is -2.39. The molecule has 0 radical (unpaired) electrons. The van der Waals surface area contributed by atoms with E-state index in [2.05, 4.69) is 4.98 Å². The van der Waals surface area contributed by atoms with Gasteiger partial charge in [-0.15, -0.1) is 0 Å². The highest BCUT2D eigenvalue weighted by Gasteiger charge is 2.45. The van der Waals surface area contributed by atoms with Gasteiger partial charge in [0.05, 0.1) is 0 Å². The Labute approximate surface area is 152 Å². The average molecular weight is 371 g/mol. The Kier molecular flexibility index (Phi) is 5.03. The number of nitrogens with one attached hydrogen (secondary N) is 1. The second kappa shape index (κ2) is 7.10. The standard InChI is InChI=1S/C20H22NO4P/c1-2-20(19(22)23,18-12-16-10-6-7-11-17(16)21-18)14-26(24,25)13-15-8-4-3-5-9-15/h3-12,21H,2,13-14H2,1H3,(H,22,23)(H,24,25). The lowest BCUT2D eigenvalue weighted by atomic mass is 9.84. The van der Waals surface area contributed by atoms with Gasteiger partial charge >= 0.3 is 5.97 Å². The molecule has 0 aliphatic rings. The number of carboxylic acids is 1. The molecule has 0 bridgehead atoms. The van der Waals surface area contributed by atoms with Crippen molar-refractivity contribution in [2.45, 2.75) is 24.9 Å². The molecule has 2 aromatic carbocycles. The summed E-state index contributed by atoms with van der Waals surface area (Å²) in [5, 5.41) is 10.9. The number of carbonyl (C=O) groups is 1. The fourth-order valence-corrected chi connectivity index (χ4v) is 5.66. The van der Waals surface area contributed by atoms with Crippen molar-refractivity contribution in [3.63, 3.8) is 0 Å². The second-order valence-corrected chi connectivity index (χ2v) is 8.98. The largest absolute Gasteiger partial charge is 0.481 e. The van der Waals surface area contributed by atoms with Gasteiger partial charge in [-0.05, 0) is 29.5 Å². The molecule has 1 heterocycles. The summed E-state index contributed by atoms with van der Waals surface area (Å²) in [5.41, 5.74) is 0.580. The molecule has 26 heavy (non-hydrogen) atoms. The first-order valence-corrected chi connectivity index (χ1v) is 10.6. The SMILES string of the molecule is CCC(CP(=O)(O)Cc1ccccc1)(C(=O)O)c1cc2ccccc2[nH]1. The third-order valence-corrected chi connectivity index (χ3v) is 6.74. The van der Waals surface area contributed by atoms with Crippen molar-refractivity contribution in [1.82, 2.24) is 4.98 Å². The van der Waals surface area contributed by atoms with Crippen LogP contribution in [0.3, 0.4) is 0 Å². The molecule has 5 nitrogen and oxygen atoms in total. The second-order valence-electron chi connectivity index (χ2n) is 6.66. The molecule has 0 saturated carbocycles. The van der Waals surface area contributed by atoms with Crippen LogP contribution < -0.4 is 0 Å². The zero-order valence-corrected chi connectivity index (χ0v) is 15.4. The smallest absolute Gasteiger partial charge is 0.316 e. The minimum absolute atomic E-state index is 0.0386. The van der Waals surface area contributed by atoms with Gasteiger partial charge < -0.3 is 15.0 Å². The van der Waals surface area contributed by atoms with E-state index in [1.54, 1.807) is 37.3 Å². The summed E-state index contributed by atoms with van der Waals surface area (Å²) in [7, 11) is -3.72. The fourth-order valence-electron chi connectivity index (χ4n) is 3.40. The van der Waals surface area contributed by atoms with Gasteiger partial charge in [-0.25, -0.2) is 0 Å². The van der Waals surface area contributed by atoms with Crippen molar-refractivity contribution in [3.8, 4) is 0 Å². The number of hydrogen-bond donors (Lipinski definition) is 3. The molecule has 2 atom stereocenters. The van der Waals surface area contributed by atoms with E-state index in [0.29, 0.717) is 5.69 Å². The topological polar surface area (TPSA) is 90.4 Å². The Hall–Kier alpha value is -2.36. The van der Waals surface area contributed by atoms with Gasteiger partial charge in [0.25, 0.3) is 0 Å². The number of aromatic amines is 1. The Balaban J connectivity index is 1.99. The van der Waals surface area contributed by atoms with E-state index in [4.69, 9.17) is 0 Å². The number of fused-ring (bicyclic) bond motifs is 1. The van der Waals surface area contributed by atoms with E-state index in [9.17, 15) is 19.4 Å². The molecule has 3 aromatic rings. The van der Waals surface area contributed by atoms with Gasteiger partial charge in [0.15, 0.2) is 0 Å². The first-order valence-electron chi connectivity index (χ1n) is 8.53. The van der Waals surface area contributed by atoms with E-state index in [1.807, 2.05) is 30.3 Å². The molecule has 0 aliphatic carbocycles. The first kappa shape index (κ1) is 18.4. The predicted molar refractivity (Wildman–Crippen MR) is 103 cm³/mol. The van der Waals surface area contributed by atoms with Crippen LogP contribution in [0.1, 0.15) is 24.6 Å². The number of H-pyrrole nitrogens is 1. The fraction of sp³-hybridized carbons (Fsp3) is 0.250. The molecule has 6 heteroatoms. The van der Waals surface area contributed by atoms with Crippen LogP contribution in [0.25, 0.3) is 10.9 Å². The zero-order valence-electron chi connectivity index (χ0n) is 14.6. The van der Waals surface area contributed by atoms with Crippen molar-refractivity contribution < 1.29 is 19.4 Å². The van der Waals surface area contributed by atoms with Crippen LogP contribution >= 0.6 is 7.37 Å². The minimum atomic E-state index is -3.72. The molecule has 3 rings (SSSR count). The molecule has 0 spiro atoms. The minimum Gasteiger partial charge on any atom is -0.481 e. The molecule has 0 fully saturated rings. The third-order valence-electron chi connectivity index (χ3n) is 4.85. The van der Waals surface area contributed by atoms with Crippen molar-refractivity contribution in [3.05, 3.63) is 71.9 Å². The molecule has 0 aliphatic heterocycles. The summed E-state index contributed by atoms with van der Waals surface area (Å²) in [6, 6.07) is 18.3. The summed E-state index contributed by atoms with van der Waals surface area (Å²) in [6.45, 7) is 1.74. The van der Waals surface area contributed by atoms with Crippen LogP contribution in [0.15, 0.2) is 60.7 Å². The summed E-state index contributed by atoms with van der Waals surface area (Å²) >= 11 is 0. The normalized spacial score (nSPS) is 16.1. The molecule has 136 valence electrons. The highest BCUT2D eigenvalue weighted by molar-refractivity contribution is 7.57.